The Morgan fingerprint density at radius 1 is 1.03 bits per heavy atom. The van der Waals surface area contributed by atoms with Crippen molar-refractivity contribution in [3.63, 3.8) is 0 Å². The molecular weight excluding hydrogens is 382 g/mol. The number of aliphatic hydroxyl groups is 1. The Hall–Kier alpha value is -2.85. The summed E-state index contributed by atoms with van der Waals surface area (Å²) in [6.07, 6.45) is 2.64. The van der Waals surface area contributed by atoms with Gasteiger partial charge in [0.1, 0.15) is 5.69 Å². The van der Waals surface area contributed by atoms with Gasteiger partial charge in [0.05, 0.1) is 35.0 Å². The molecule has 0 radical (unpaired) electrons. The van der Waals surface area contributed by atoms with Crippen LogP contribution in [0.2, 0.25) is 0 Å². The average molecular weight is 406 g/mol. The van der Waals surface area contributed by atoms with E-state index in [1.165, 1.54) is 0 Å². The molecule has 2 aromatic carbocycles. The molecule has 148 valence electrons. The smallest absolute Gasteiger partial charge is 0.132 e. The van der Waals surface area contributed by atoms with Crippen molar-refractivity contribution in [2.45, 2.75) is 30.1 Å². The zero-order valence-electron chi connectivity index (χ0n) is 16.4. The average Bonchev–Trinajstić information content (AvgIpc) is 2.77. The molecule has 3 N–H and O–H groups in total. The first kappa shape index (κ1) is 20.9. The summed E-state index contributed by atoms with van der Waals surface area (Å²) in [6.45, 7) is 4.05. The quantitative estimate of drug-likeness (QED) is 0.637. The molecule has 0 aliphatic rings. The molecule has 3 rings (SSSR count). The number of hydrogen-bond donors (Lipinski definition) is 2. The van der Waals surface area contributed by atoms with Crippen molar-refractivity contribution in [1.82, 2.24) is 9.97 Å². The highest BCUT2D eigenvalue weighted by molar-refractivity contribution is 7.85. The third kappa shape index (κ3) is 5.36. The maximum Gasteiger partial charge on any atom is 0.132 e. The SMILES string of the molecule is CC(C)S(=O)c1ccc(-c2cncc(C#Cc3ccc(C(O)CN)cc3)n2)cc1. The van der Waals surface area contributed by atoms with Crippen molar-refractivity contribution in [3.05, 3.63) is 77.7 Å². The van der Waals surface area contributed by atoms with Crippen LogP contribution in [0, 0.1) is 11.8 Å². The summed E-state index contributed by atoms with van der Waals surface area (Å²) in [5.41, 5.74) is 9.20. The zero-order valence-corrected chi connectivity index (χ0v) is 17.2. The van der Waals surface area contributed by atoms with E-state index in [1.807, 2.05) is 62.4 Å². The lowest BCUT2D eigenvalue weighted by molar-refractivity contribution is 0.187. The number of aliphatic hydroxyl groups excluding tert-OH is 1. The van der Waals surface area contributed by atoms with Gasteiger partial charge in [-0.05, 0) is 35.7 Å². The number of benzene rings is 2. The fraction of sp³-hybridized carbons (Fsp3) is 0.217. The first-order valence-corrected chi connectivity index (χ1v) is 10.5. The van der Waals surface area contributed by atoms with Gasteiger partial charge in [0.2, 0.25) is 0 Å². The molecule has 29 heavy (non-hydrogen) atoms. The van der Waals surface area contributed by atoms with Gasteiger partial charge in [0.25, 0.3) is 0 Å². The Kier molecular flexibility index (Phi) is 6.89. The number of nitrogens with zero attached hydrogens (tertiary/aromatic N) is 2. The first-order valence-electron chi connectivity index (χ1n) is 9.31. The Bertz CT molecular complexity index is 1050. The second-order valence-electron chi connectivity index (χ2n) is 6.78. The molecule has 3 aromatic rings. The summed E-state index contributed by atoms with van der Waals surface area (Å²) in [5, 5.41) is 9.82. The second kappa shape index (κ2) is 9.57. The molecular formula is C23H23N3O2S. The molecule has 0 aliphatic heterocycles. The van der Waals surface area contributed by atoms with E-state index in [9.17, 15) is 9.32 Å². The van der Waals surface area contributed by atoms with Crippen LogP contribution in [0.5, 0.6) is 0 Å². The third-order valence-corrected chi connectivity index (χ3v) is 5.89. The standard InChI is InChI=1S/C23H23N3O2S/c1-16(2)29(28)21-11-8-18(9-12-21)22-15-25-14-20(26-22)10-5-17-3-6-19(7-4-17)23(27)13-24/h3-4,6-9,11-12,14-16,23,27H,13,24H2,1-2H3. The maximum absolute atomic E-state index is 12.2. The van der Waals surface area contributed by atoms with Crippen LogP contribution in [0.3, 0.4) is 0 Å². The number of rotatable bonds is 5. The summed E-state index contributed by atoms with van der Waals surface area (Å²) in [7, 11) is -1.01. The van der Waals surface area contributed by atoms with Crippen molar-refractivity contribution < 1.29 is 9.32 Å². The third-order valence-electron chi connectivity index (χ3n) is 4.30. The first-order chi connectivity index (χ1) is 14.0. The largest absolute Gasteiger partial charge is 0.387 e. The van der Waals surface area contributed by atoms with Gasteiger partial charge >= 0.3 is 0 Å². The molecule has 0 spiro atoms. The number of hydrogen-bond acceptors (Lipinski definition) is 5. The van der Waals surface area contributed by atoms with Crippen LogP contribution in [-0.4, -0.2) is 31.1 Å². The Morgan fingerprint density at radius 2 is 1.72 bits per heavy atom. The van der Waals surface area contributed by atoms with E-state index in [0.29, 0.717) is 11.4 Å². The molecule has 0 saturated carbocycles. The van der Waals surface area contributed by atoms with Crippen molar-refractivity contribution >= 4 is 10.8 Å². The molecule has 0 amide bonds. The molecule has 2 unspecified atom stereocenters. The van der Waals surface area contributed by atoms with Crippen LogP contribution in [0.1, 0.15) is 36.8 Å². The Balaban J connectivity index is 1.78. The molecule has 0 bridgehead atoms. The second-order valence-corrected chi connectivity index (χ2v) is 8.79. The fourth-order valence-electron chi connectivity index (χ4n) is 2.66. The van der Waals surface area contributed by atoms with E-state index in [2.05, 4.69) is 21.8 Å². The monoisotopic (exact) mass is 405 g/mol. The number of aromatic nitrogens is 2. The molecule has 0 aliphatic carbocycles. The lowest BCUT2D eigenvalue weighted by atomic mass is 10.1. The molecule has 1 aromatic heterocycles. The lowest BCUT2D eigenvalue weighted by Gasteiger charge is -2.07. The minimum Gasteiger partial charge on any atom is -0.387 e. The maximum atomic E-state index is 12.2. The normalized spacial score (nSPS) is 12.9. The highest BCUT2D eigenvalue weighted by Crippen LogP contribution is 2.20. The zero-order chi connectivity index (χ0) is 20.8. The van der Waals surface area contributed by atoms with Crippen molar-refractivity contribution in [2.75, 3.05) is 6.54 Å². The lowest BCUT2D eigenvalue weighted by Crippen LogP contribution is -2.11. The Morgan fingerprint density at radius 3 is 2.34 bits per heavy atom. The summed E-state index contributed by atoms with van der Waals surface area (Å²) in [5.74, 6) is 6.07. The summed E-state index contributed by atoms with van der Waals surface area (Å²) < 4.78 is 12.2. The van der Waals surface area contributed by atoms with Gasteiger partial charge in [-0.15, -0.1) is 0 Å². The predicted octanol–water partition coefficient (Wildman–Crippen LogP) is 3.05. The van der Waals surface area contributed by atoms with Crippen LogP contribution < -0.4 is 5.73 Å². The van der Waals surface area contributed by atoms with Gasteiger partial charge in [-0.3, -0.25) is 9.19 Å². The molecule has 2 atom stereocenters. The Labute approximate surface area is 173 Å². The van der Waals surface area contributed by atoms with E-state index >= 15 is 0 Å². The minimum absolute atomic E-state index is 0.0758. The molecule has 6 heteroatoms. The van der Waals surface area contributed by atoms with E-state index in [1.54, 1.807) is 12.4 Å². The molecule has 5 nitrogen and oxygen atoms in total. The van der Waals surface area contributed by atoms with Crippen LogP contribution in [0.25, 0.3) is 11.3 Å². The van der Waals surface area contributed by atoms with Gasteiger partial charge in [-0.25, -0.2) is 4.98 Å². The molecule has 0 saturated heterocycles. The predicted molar refractivity (Wildman–Crippen MR) is 115 cm³/mol. The summed E-state index contributed by atoms with van der Waals surface area (Å²) in [4.78, 5) is 9.60. The van der Waals surface area contributed by atoms with Crippen LogP contribution in [0.4, 0.5) is 0 Å². The minimum atomic E-state index is -1.01. The highest BCUT2D eigenvalue weighted by Gasteiger charge is 2.09. The van der Waals surface area contributed by atoms with Crippen molar-refractivity contribution in [2.24, 2.45) is 5.73 Å². The van der Waals surface area contributed by atoms with Crippen molar-refractivity contribution in [1.29, 1.82) is 0 Å². The van der Waals surface area contributed by atoms with Gasteiger partial charge in [0.15, 0.2) is 0 Å². The number of nitrogens with two attached hydrogens (primary N) is 1. The topological polar surface area (TPSA) is 89.1 Å². The van der Waals surface area contributed by atoms with Crippen LogP contribution >= 0.6 is 0 Å². The van der Waals surface area contributed by atoms with E-state index < -0.39 is 16.9 Å². The van der Waals surface area contributed by atoms with E-state index in [0.717, 1.165) is 21.6 Å². The highest BCUT2D eigenvalue weighted by atomic mass is 32.2. The van der Waals surface area contributed by atoms with Gasteiger partial charge in [-0.1, -0.05) is 44.0 Å². The summed E-state index contributed by atoms with van der Waals surface area (Å²) >= 11 is 0. The van der Waals surface area contributed by atoms with E-state index in [-0.39, 0.29) is 11.8 Å². The van der Waals surface area contributed by atoms with Gasteiger partial charge in [-0.2, -0.15) is 0 Å². The molecule has 1 heterocycles. The molecule has 0 fully saturated rings. The van der Waals surface area contributed by atoms with Gasteiger partial charge in [0, 0.05) is 27.8 Å². The van der Waals surface area contributed by atoms with Crippen LogP contribution in [0.15, 0.2) is 65.8 Å². The van der Waals surface area contributed by atoms with Crippen molar-refractivity contribution in [3.8, 4) is 23.1 Å². The summed E-state index contributed by atoms with van der Waals surface area (Å²) in [6, 6.07) is 14.8. The van der Waals surface area contributed by atoms with E-state index in [4.69, 9.17) is 5.73 Å². The van der Waals surface area contributed by atoms with Crippen LogP contribution in [-0.2, 0) is 10.8 Å². The fourth-order valence-corrected chi connectivity index (χ4v) is 3.61. The van der Waals surface area contributed by atoms with Gasteiger partial charge < -0.3 is 10.8 Å².